The Morgan fingerprint density at radius 3 is 2.03 bits per heavy atom. The summed E-state index contributed by atoms with van der Waals surface area (Å²) < 4.78 is 0. The number of nitrogens with zero attached hydrogens (tertiary/aromatic N) is 4. The molecule has 4 amide bonds. The van der Waals surface area contributed by atoms with E-state index in [0.29, 0.717) is 31.7 Å². The van der Waals surface area contributed by atoms with E-state index in [2.05, 4.69) is 18.7 Å². The molecule has 0 unspecified atom stereocenters. The monoisotopic (exact) mass is 428 g/mol. The summed E-state index contributed by atoms with van der Waals surface area (Å²) in [7, 11) is 0. The Kier molecular flexibility index (Phi) is 7.65. The molecule has 2 saturated heterocycles. The van der Waals surface area contributed by atoms with Crippen LogP contribution in [0.3, 0.4) is 0 Å². The minimum atomic E-state index is -0.285. The third-order valence-electron chi connectivity index (χ3n) is 6.01. The van der Waals surface area contributed by atoms with Gasteiger partial charge in [-0.2, -0.15) is 0 Å². The highest BCUT2D eigenvalue weighted by atomic mass is 16.2. The molecule has 3 rings (SSSR count). The quantitative estimate of drug-likeness (QED) is 0.589. The van der Waals surface area contributed by atoms with Crippen LogP contribution in [0, 0.1) is 0 Å². The third-order valence-corrected chi connectivity index (χ3v) is 6.01. The standard InChI is InChI=1S/C23H32N4O4/c1-3-5-12-24(4-2)19-8-6-18(7-9-19)23(31)26-15-13-25(14-16-26)22(30)17-27-20(28)10-11-21(27)29/h6-9H,3-5,10-17H2,1-2H3. The molecule has 0 radical (unpaired) electrons. The number of hydrogen-bond donors (Lipinski definition) is 0. The Labute approximate surface area is 183 Å². The lowest BCUT2D eigenvalue weighted by atomic mass is 10.1. The molecule has 0 saturated carbocycles. The van der Waals surface area contributed by atoms with E-state index < -0.39 is 0 Å². The first-order valence-corrected chi connectivity index (χ1v) is 11.2. The van der Waals surface area contributed by atoms with Gasteiger partial charge in [0, 0.05) is 63.4 Å². The van der Waals surface area contributed by atoms with Crippen LogP contribution in [0.15, 0.2) is 24.3 Å². The molecule has 0 atom stereocenters. The minimum Gasteiger partial charge on any atom is -0.372 e. The van der Waals surface area contributed by atoms with E-state index in [1.165, 1.54) is 0 Å². The van der Waals surface area contributed by atoms with Gasteiger partial charge in [-0.25, -0.2) is 0 Å². The fourth-order valence-electron chi connectivity index (χ4n) is 4.01. The number of carbonyl (C=O) groups is 4. The summed E-state index contributed by atoms with van der Waals surface area (Å²) in [4.78, 5) is 55.5. The average molecular weight is 429 g/mol. The normalized spacial score (nSPS) is 16.8. The molecule has 0 aromatic heterocycles. The van der Waals surface area contributed by atoms with Crippen LogP contribution in [-0.4, -0.2) is 84.1 Å². The maximum atomic E-state index is 12.9. The molecule has 0 aliphatic carbocycles. The number of imide groups is 1. The lowest BCUT2D eigenvalue weighted by Crippen LogP contribution is -2.53. The number of unbranched alkanes of at least 4 members (excludes halogenated alkanes) is 1. The van der Waals surface area contributed by atoms with Gasteiger partial charge in [0.1, 0.15) is 6.54 Å². The first kappa shape index (κ1) is 22.8. The van der Waals surface area contributed by atoms with E-state index in [1.807, 2.05) is 24.3 Å². The van der Waals surface area contributed by atoms with Gasteiger partial charge in [-0.3, -0.25) is 24.1 Å². The summed E-state index contributed by atoms with van der Waals surface area (Å²) in [6.45, 7) is 7.72. The van der Waals surface area contributed by atoms with Crippen LogP contribution in [-0.2, 0) is 14.4 Å². The van der Waals surface area contributed by atoms with Crippen LogP contribution >= 0.6 is 0 Å². The van der Waals surface area contributed by atoms with Crippen molar-refractivity contribution in [3.63, 3.8) is 0 Å². The molecule has 1 aromatic carbocycles. The van der Waals surface area contributed by atoms with E-state index in [4.69, 9.17) is 0 Å². The van der Waals surface area contributed by atoms with Crippen molar-refractivity contribution in [2.24, 2.45) is 0 Å². The molecular formula is C23H32N4O4. The number of likely N-dealkylation sites (tertiary alicyclic amines) is 1. The Morgan fingerprint density at radius 2 is 1.48 bits per heavy atom. The average Bonchev–Trinajstić information content (AvgIpc) is 3.11. The molecular weight excluding hydrogens is 396 g/mol. The summed E-state index contributed by atoms with van der Waals surface area (Å²) in [5.41, 5.74) is 1.76. The zero-order valence-electron chi connectivity index (χ0n) is 18.5. The molecule has 31 heavy (non-hydrogen) atoms. The Bertz CT molecular complexity index is 799. The van der Waals surface area contributed by atoms with Gasteiger partial charge in [-0.1, -0.05) is 13.3 Å². The van der Waals surface area contributed by atoms with E-state index >= 15 is 0 Å². The Hall–Kier alpha value is -2.90. The van der Waals surface area contributed by atoms with Crippen LogP contribution in [0.2, 0.25) is 0 Å². The van der Waals surface area contributed by atoms with Crippen molar-refractivity contribution in [1.82, 2.24) is 14.7 Å². The molecule has 8 heteroatoms. The van der Waals surface area contributed by atoms with Gasteiger partial charge < -0.3 is 14.7 Å². The van der Waals surface area contributed by atoms with Crippen LogP contribution in [0.4, 0.5) is 5.69 Å². The highest BCUT2D eigenvalue weighted by Crippen LogP contribution is 2.18. The largest absolute Gasteiger partial charge is 0.372 e. The second kappa shape index (κ2) is 10.4. The van der Waals surface area contributed by atoms with Gasteiger partial charge in [0.15, 0.2) is 0 Å². The second-order valence-corrected chi connectivity index (χ2v) is 8.03. The second-order valence-electron chi connectivity index (χ2n) is 8.03. The van der Waals surface area contributed by atoms with Gasteiger partial charge in [0.05, 0.1) is 0 Å². The number of rotatable bonds is 8. The van der Waals surface area contributed by atoms with E-state index in [9.17, 15) is 19.2 Å². The number of hydrogen-bond acceptors (Lipinski definition) is 5. The molecule has 2 aliphatic heterocycles. The summed E-state index contributed by atoms with van der Waals surface area (Å²) in [6, 6.07) is 7.73. The maximum Gasteiger partial charge on any atom is 0.253 e. The van der Waals surface area contributed by atoms with E-state index in [-0.39, 0.29) is 43.0 Å². The first-order valence-electron chi connectivity index (χ1n) is 11.2. The van der Waals surface area contributed by atoms with E-state index in [0.717, 1.165) is 36.5 Å². The van der Waals surface area contributed by atoms with Crippen LogP contribution < -0.4 is 4.90 Å². The molecule has 0 bridgehead atoms. The maximum absolute atomic E-state index is 12.9. The molecule has 168 valence electrons. The predicted octanol–water partition coefficient (Wildman–Crippen LogP) is 1.75. The topological polar surface area (TPSA) is 81.2 Å². The van der Waals surface area contributed by atoms with Crippen molar-refractivity contribution < 1.29 is 19.2 Å². The van der Waals surface area contributed by atoms with Gasteiger partial charge in [0.25, 0.3) is 5.91 Å². The van der Waals surface area contributed by atoms with Gasteiger partial charge in [-0.05, 0) is 37.6 Å². The van der Waals surface area contributed by atoms with Crippen LogP contribution in [0.1, 0.15) is 49.9 Å². The fourth-order valence-corrected chi connectivity index (χ4v) is 4.01. The lowest BCUT2D eigenvalue weighted by molar-refractivity contribution is -0.146. The third kappa shape index (κ3) is 5.42. The molecule has 0 N–H and O–H groups in total. The van der Waals surface area contributed by atoms with Crippen molar-refractivity contribution in [2.75, 3.05) is 50.7 Å². The van der Waals surface area contributed by atoms with Gasteiger partial charge in [-0.15, -0.1) is 0 Å². The van der Waals surface area contributed by atoms with Gasteiger partial charge in [0.2, 0.25) is 17.7 Å². The number of piperazine rings is 1. The zero-order valence-corrected chi connectivity index (χ0v) is 18.5. The molecule has 2 heterocycles. The molecule has 2 aliphatic rings. The van der Waals surface area contributed by atoms with Crippen LogP contribution in [0.5, 0.6) is 0 Å². The summed E-state index contributed by atoms with van der Waals surface area (Å²) >= 11 is 0. The Balaban J connectivity index is 1.52. The van der Waals surface area contributed by atoms with Crippen molar-refractivity contribution >= 4 is 29.3 Å². The van der Waals surface area contributed by atoms with Crippen molar-refractivity contribution in [1.29, 1.82) is 0 Å². The smallest absolute Gasteiger partial charge is 0.253 e. The minimum absolute atomic E-state index is 0.0415. The highest BCUT2D eigenvalue weighted by molar-refractivity contribution is 6.04. The number of benzene rings is 1. The molecule has 8 nitrogen and oxygen atoms in total. The van der Waals surface area contributed by atoms with Gasteiger partial charge >= 0.3 is 0 Å². The number of anilines is 1. The SMILES string of the molecule is CCCCN(CC)c1ccc(C(=O)N2CCN(C(=O)CN3C(=O)CCC3=O)CC2)cc1. The lowest BCUT2D eigenvalue weighted by Gasteiger charge is -2.35. The molecule has 1 aromatic rings. The summed E-state index contributed by atoms with van der Waals surface area (Å²) in [5.74, 6) is -0.856. The predicted molar refractivity (Wildman–Crippen MR) is 118 cm³/mol. The van der Waals surface area contributed by atoms with E-state index in [1.54, 1.807) is 9.80 Å². The number of amides is 4. The number of carbonyl (C=O) groups excluding carboxylic acids is 4. The zero-order chi connectivity index (χ0) is 22.4. The van der Waals surface area contributed by atoms with Crippen molar-refractivity contribution in [3.8, 4) is 0 Å². The molecule has 0 spiro atoms. The highest BCUT2D eigenvalue weighted by Gasteiger charge is 2.33. The van der Waals surface area contributed by atoms with Crippen LogP contribution in [0.25, 0.3) is 0 Å². The Morgan fingerprint density at radius 1 is 0.903 bits per heavy atom. The summed E-state index contributed by atoms with van der Waals surface area (Å²) in [5, 5.41) is 0. The fraction of sp³-hybridized carbons (Fsp3) is 0.565. The van der Waals surface area contributed by atoms with Crippen molar-refractivity contribution in [2.45, 2.75) is 39.5 Å². The first-order chi connectivity index (χ1) is 14.9. The molecule has 2 fully saturated rings. The van der Waals surface area contributed by atoms with Crippen molar-refractivity contribution in [3.05, 3.63) is 29.8 Å². The summed E-state index contributed by atoms with van der Waals surface area (Å²) in [6.07, 6.45) is 2.65.